The molecule has 1 heterocycles. The van der Waals surface area contributed by atoms with Crippen molar-refractivity contribution in [1.29, 1.82) is 0 Å². The number of hydrogen-bond acceptors (Lipinski definition) is 0. The van der Waals surface area contributed by atoms with Gasteiger partial charge >= 0.3 is 0 Å². The van der Waals surface area contributed by atoms with Crippen molar-refractivity contribution >= 4 is 10.9 Å². The van der Waals surface area contributed by atoms with Crippen molar-refractivity contribution in [3.8, 4) is 0 Å². The lowest BCUT2D eigenvalue weighted by Gasteiger charge is -2.06. The number of halogens is 1. The van der Waals surface area contributed by atoms with Gasteiger partial charge < -0.3 is 4.98 Å². The summed E-state index contributed by atoms with van der Waals surface area (Å²) in [5.41, 5.74) is 2.36. The van der Waals surface area contributed by atoms with Crippen molar-refractivity contribution in [3.05, 3.63) is 35.8 Å². The fourth-order valence-corrected chi connectivity index (χ4v) is 2.69. The van der Waals surface area contributed by atoms with E-state index in [1.165, 1.54) is 37.3 Å². The number of nitrogens with one attached hydrogen (secondary N) is 1. The fourth-order valence-electron chi connectivity index (χ4n) is 2.69. The third-order valence-electron chi connectivity index (χ3n) is 3.47. The van der Waals surface area contributed by atoms with Gasteiger partial charge in [0.1, 0.15) is 5.82 Å². The van der Waals surface area contributed by atoms with Crippen LogP contribution < -0.4 is 0 Å². The van der Waals surface area contributed by atoms with Gasteiger partial charge in [-0.3, -0.25) is 0 Å². The van der Waals surface area contributed by atoms with Crippen LogP contribution in [0.5, 0.6) is 0 Å². The highest BCUT2D eigenvalue weighted by atomic mass is 19.1. The van der Waals surface area contributed by atoms with Crippen LogP contribution in [0.1, 0.15) is 37.2 Å². The quantitative estimate of drug-likeness (QED) is 0.722. The maximum absolute atomic E-state index is 13.2. The molecule has 1 aromatic heterocycles. The van der Waals surface area contributed by atoms with Gasteiger partial charge in [-0.15, -0.1) is 0 Å². The van der Waals surface area contributed by atoms with E-state index in [-0.39, 0.29) is 5.82 Å². The number of rotatable bonds is 1. The second kappa shape index (κ2) is 3.37. The summed E-state index contributed by atoms with van der Waals surface area (Å²) in [6.45, 7) is 0. The average Bonchev–Trinajstić information content (AvgIpc) is 2.83. The van der Waals surface area contributed by atoms with Crippen molar-refractivity contribution in [1.82, 2.24) is 4.98 Å². The molecule has 15 heavy (non-hydrogen) atoms. The molecule has 0 saturated heterocycles. The molecule has 78 valence electrons. The van der Waals surface area contributed by atoms with Crippen molar-refractivity contribution in [2.75, 3.05) is 0 Å². The van der Waals surface area contributed by atoms with Gasteiger partial charge in [0.25, 0.3) is 0 Å². The summed E-state index contributed by atoms with van der Waals surface area (Å²) in [6.07, 6.45) is 7.19. The summed E-state index contributed by atoms with van der Waals surface area (Å²) in [4.78, 5) is 3.23. The molecule has 1 aliphatic carbocycles. The lowest BCUT2D eigenvalue weighted by atomic mass is 9.97. The summed E-state index contributed by atoms with van der Waals surface area (Å²) in [5, 5.41) is 1.07. The first-order chi connectivity index (χ1) is 7.34. The summed E-state index contributed by atoms with van der Waals surface area (Å²) in [7, 11) is 0. The van der Waals surface area contributed by atoms with Crippen LogP contribution in [0.2, 0.25) is 0 Å². The molecule has 1 aliphatic rings. The number of hydrogen-bond donors (Lipinski definition) is 1. The topological polar surface area (TPSA) is 15.8 Å². The predicted octanol–water partition coefficient (Wildman–Crippen LogP) is 3.96. The maximum Gasteiger partial charge on any atom is 0.123 e. The molecule has 0 bridgehead atoms. The van der Waals surface area contributed by atoms with E-state index >= 15 is 0 Å². The third-order valence-corrected chi connectivity index (χ3v) is 3.47. The molecular weight excluding hydrogens is 189 g/mol. The zero-order valence-corrected chi connectivity index (χ0v) is 8.59. The summed E-state index contributed by atoms with van der Waals surface area (Å²) >= 11 is 0. The molecule has 2 heteroatoms. The molecule has 1 aromatic carbocycles. The van der Waals surface area contributed by atoms with Crippen molar-refractivity contribution in [3.63, 3.8) is 0 Å². The minimum absolute atomic E-state index is 0.138. The van der Waals surface area contributed by atoms with E-state index in [1.807, 2.05) is 6.07 Å². The van der Waals surface area contributed by atoms with E-state index < -0.39 is 0 Å². The van der Waals surface area contributed by atoms with Crippen molar-refractivity contribution < 1.29 is 4.39 Å². The van der Waals surface area contributed by atoms with Crippen molar-refractivity contribution in [2.45, 2.75) is 31.6 Å². The van der Waals surface area contributed by atoms with Gasteiger partial charge in [-0.1, -0.05) is 12.8 Å². The van der Waals surface area contributed by atoms with Crippen molar-refractivity contribution in [2.24, 2.45) is 0 Å². The number of aromatic amines is 1. The van der Waals surface area contributed by atoms with E-state index in [1.54, 1.807) is 6.07 Å². The van der Waals surface area contributed by atoms with Gasteiger partial charge in [0, 0.05) is 17.1 Å². The Morgan fingerprint density at radius 3 is 2.80 bits per heavy atom. The van der Waals surface area contributed by atoms with Crippen LogP contribution in [-0.2, 0) is 0 Å². The predicted molar refractivity (Wildman–Crippen MR) is 59.5 cm³/mol. The maximum atomic E-state index is 13.2. The Morgan fingerprint density at radius 2 is 2.00 bits per heavy atom. The molecule has 3 rings (SSSR count). The van der Waals surface area contributed by atoms with E-state index in [0.717, 1.165) is 10.9 Å². The minimum Gasteiger partial charge on any atom is -0.361 e. The van der Waals surface area contributed by atoms with Crippen LogP contribution in [0.3, 0.4) is 0 Å². The first-order valence-corrected chi connectivity index (χ1v) is 5.61. The molecule has 1 N–H and O–H groups in total. The number of benzene rings is 1. The van der Waals surface area contributed by atoms with E-state index in [2.05, 4.69) is 11.2 Å². The first-order valence-electron chi connectivity index (χ1n) is 5.61. The molecule has 0 amide bonds. The molecule has 0 radical (unpaired) electrons. The molecule has 1 saturated carbocycles. The first kappa shape index (κ1) is 8.96. The monoisotopic (exact) mass is 203 g/mol. The second-order valence-electron chi connectivity index (χ2n) is 4.42. The highest BCUT2D eigenvalue weighted by Crippen LogP contribution is 2.37. The van der Waals surface area contributed by atoms with Gasteiger partial charge in [-0.2, -0.15) is 0 Å². The van der Waals surface area contributed by atoms with Gasteiger partial charge in [0.05, 0.1) is 0 Å². The highest BCUT2D eigenvalue weighted by molar-refractivity contribution is 5.83. The smallest absolute Gasteiger partial charge is 0.123 e. The number of aromatic nitrogens is 1. The molecule has 1 fully saturated rings. The summed E-state index contributed by atoms with van der Waals surface area (Å²) < 4.78 is 13.2. The Bertz CT molecular complexity index is 480. The SMILES string of the molecule is Fc1ccc2[nH]cc(C3CCCC3)c2c1. The fraction of sp³-hybridized carbons (Fsp3) is 0.385. The van der Waals surface area contributed by atoms with Gasteiger partial charge in [0.15, 0.2) is 0 Å². The zero-order valence-electron chi connectivity index (χ0n) is 8.59. The Balaban J connectivity index is 2.13. The molecule has 2 aromatic rings. The Morgan fingerprint density at radius 1 is 1.20 bits per heavy atom. The molecule has 1 nitrogen and oxygen atoms in total. The molecule has 0 atom stereocenters. The Labute approximate surface area is 88.3 Å². The normalized spacial score (nSPS) is 17.7. The van der Waals surface area contributed by atoms with Crippen LogP contribution in [0, 0.1) is 5.82 Å². The molecule has 0 aliphatic heterocycles. The van der Waals surface area contributed by atoms with Crippen LogP contribution >= 0.6 is 0 Å². The number of H-pyrrole nitrogens is 1. The highest BCUT2D eigenvalue weighted by Gasteiger charge is 2.20. The number of fused-ring (bicyclic) bond motifs is 1. The van der Waals surface area contributed by atoms with E-state index in [0.29, 0.717) is 5.92 Å². The minimum atomic E-state index is -0.138. The Kier molecular flexibility index (Phi) is 2.01. The van der Waals surface area contributed by atoms with E-state index in [4.69, 9.17) is 0 Å². The lowest BCUT2D eigenvalue weighted by molar-refractivity contribution is 0.629. The van der Waals surface area contributed by atoms with Crippen LogP contribution in [0.15, 0.2) is 24.4 Å². The van der Waals surface area contributed by atoms with E-state index in [9.17, 15) is 4.39 Å². The van der Waals surface area contributed by atoms with Gasteiger partial charge in [-0.05, 0) is 42.5 Å². The largest absolute Gasteiger partial charge is 0.361 e. The molecular formula is C13H14FN. The Hall–Kier alpha value is -1.31. The second-order valence-corrected chi connectivity index (χ2v) is 4.42. The zero-order chi connectivity index (χ0) is 10.3. The average molecular weight is 203 g/mol. The molecule has 0 unspecified atom stereocenters. The third kappa shape index (κ3) is 1.44. The standard InChI is InChI=1S/C13H14FN/c14-10-5-6-13-11(7-10)12(8-15-13)9-3-1-2-4-9/h5-9,15H,1-4H2. The van der Waals surface area contributed by atoms with Crippen LogP contribution in [0.25, 0.3) is 10.9 Å². The van der Waals surface area contributed by atoms with Gasteiger partial charge in [0.2, 0.25) is 0 Å². The van der Waals surface area contributed by atoms with Gasteiger partial charge in [-0.25, -0.2) is 4.39 Å². The molecule has 0 spiro atoms. The summed E-state index contributed by atoms with van der Waals surface area (Å²) in [6, 6.07) is 4.99. The lowest BCUT2D eigenvalue weighted by Crippen LogP contribution is -1.89. The van der Waals surface area contributed by atoms with Crippen LogP contribution in [0.4, 0.5) is 4.39 Å². The van der Waals surface area contributed by atoms with Crippen LogP contribution in [-0.4, -0.2) is 4.98 Å². The summed E-state index contributed by atoms with van der Waals surface area (Å²) in [5.74, 6) is 0.502.